The fraction of sp³-hybridized carbons (Fsp3) is 0.647. The molecule has 2 aromatic rings. The molecule has 192 valence electrons. The van der Waals surface area contributed by atoms with Crippen LogP contribution in [-0.4, -0.2) is 0 Å². The van der Waals surface area contributed by atoms with Gasteiger partial charge in [-0.3, -0.25) is 0 Å². The maximum absolute atomic E-state index is 6.58. The van der Waals surface area contributed by atoms with Crippen molar-refractivity contribution in [2.45, 2.75) is 142 Å². The molecule has 0 spiro atoms. The van der Waals surface area contributed by atoms with Crippen LogP contribution in [0, 0.1) is 0 Å². The lowest BCUT2D eigenvalue weighted by Crippen LogP contribution is -2.16. The molecule has 0 radical (unpaired) electrons. The number of unbranched alkanes of at least 4 members (excludes halogenated alkanes) is 12. The van der Waals surface area contributed by atoms with Crippen molar-refractivity contribution in [3.63, 3.8) is 0 Å². The summed E-state index contributed by atoms with van der Waals surface area (Å²) in [5.74, 6) is 2.26. The van der Waals surface area contributed by atoms with Crippen molar-refractivity contribution >= 4 is 0 Å². The second kappa shape index (κ2) is 14.1. The number of fused-ring (bicyclic) bond motifs is 2. The fourth-order valence-electron chi connectivity index (χ4n) is 6.08. The number of ether oxygens (including phenoxy) is 1. The molecule has 1 heteroatoms. The molecule has 0 unspecified atom stereocenters. The third-order valence-corrected chi connectivity index (χ3v) is 8.54. The van der Waals surface area contributed by atoms with E-state index in [2.05, 4.69) is 38.1 Å². The Bertz CT molecular complexity index is 849. The molecule has 0 atom stereocenters. The molecule has 0 aliphatic heterocycles. The van der Waals surface area contributed by atoms with E-state index in [1.807, 2.05) is 0 Å². The largest absolute Gasteiger partial charge is 0.457 e. The van der Waals surface area contributed by atoms with Crippen LogP contribution in [0.3, 0.4) is 0 Å². The van der Waals surface area contributed by atoms with E-state index in [0.29, 0.717) is 0 Å². The number of benzene rings is 2. The Morgan fingerprint density at radius 1 is 0.457 bits per heavy atom. The van der Waals surface area contributed by atoms with Gasteiger partial charge in [0.05, 0.1) is 0 Å². The predicted octanol–water partition coefficient (Wildman–Crippen LogP) is 10.3. The summed E-state index contributed by atoms with van der Waals surface area (Å²) in [6, 6.07) is 9.27. The summed E-state index contributed by atoms with van der Waals surface area (Å²) >= 11 is 0. The third-order valence-electron chi connectivity index (χ3n) is 8.54. The van der Waals surface area contributed by atoms with E-state index in [0.717, 1.165) is 11.5 Å². The van der Waals surface area contributed by atoms with Gasteiger partial charge in [0.2, 0.25) is 0 Å². The minimum absolute atomic E-state index is 1.13. The highest BCUT2D eigenvalue weighted by Gasteiger charge is 2.25. The molecule has 0 N–H and O–H groups in total. The summed E-state index contributed by atoms with van der Waals surface area (Å²) < 4.78 is 6.58. The third kappa shape index (κ3) is 7.14. The summed E-state index contributed by atoms with van der Waals surface area (Å²) in [4.78, 5) is 0. The maximum atomic E-state index is 6.58. The average molecular weight is 475 g/mol. The monoisotopic (exact) mass is 474 g/mol. The van der Waals surface area contributed by atoms with Crippen molar-refractivity contribution < 1.29 is 4.74 Å². The number of hydrogen-bond donors (Lipinski definition) is 0. The Kier molecular flexibility index (Phi) is 10.6. The Labute approximate surface area is 216 Å². The molecule has 2 aromatic carbocycles. The number of rotatable bonds is 18. The van der Waals surface area contributed by atoms with Gasteiger partial charge in [0.15, 0.2) is 0 Å². The Balaban J connectivity index is 1.26. The van der Waals surface area contributed by atoms with E-state index in [1.54, 1.807) is 22.3 Å². The van der Waals surface area contributed by atoms with Gasteiger partial charge in [-0.1, -0.05) is 103 Å². The molecule has 2 aliphatic rings. The van der Waals surface area contributed by atoms with Crippen molar-refractivity contribution in [2.75, 3.05) is 0 Å². The van der Waals surface area contributed by atoms with Crippen molar-refractivity contribution in [2.24, 2.45) is 0 Å². The zero-order chi connectivity index (χ0) is 24.3. The van der Waals surface area contributed by atoms with Crippen LogP contribution in [0.4, 0.5) is 0 Å². The fourth-order valence-corrected chi connectivity index (χ4v) is 6.08. The minimum atomic E-state index is 1.13. The van der Waals surface area contributed by atoms with Gasteiger partial charge in [-0.05, 0) is 96.9 Å². The lowest BCUT2D eigenvalue weighted by molar-refractivity contribution is 0.457. The normalized spacial score (nSPS) is 13.7. The summed E-state index contributed by atoms with van der Waals surface area (Å²) in [7, 11) is 0. The minimum Gasteiger partial charge on any atom is -0.457 e. The van der Waals surface area contributed by atoms with Gasteiger partial charge in [0.25, 0.3) is 0 Å². The van der Waals surface area contributed by atoms with Gasteiger partial charge in [-0.25, -0.2) is 0 Å². The second-order valence-corrected chi connectivity index (χ2v) is 11.2. The first-order valence-electron chi connectivity index (χ1n) is 15.3. The van der Waals surface area contributed by atoms with Crippen LogP contribution in [-0.2, 0) is 38.5 Å². The Hall–Kier alpha value is -1.76. The van der Waals surface area contributed by atoms with Crippen LogP contribution in [0.5, 0.6) is 11.5 Å². The highest BCUT2D eigenvalue weighted by atomic mass is 16.5. The zero-order valence-corrected chi connectivity index (χ0v) is 22.9. The number of aryl methyl sites for hydroxylation is 2. The van der Waals surface area contributed by atoms with E-state index in [9.17, 15) is 0 Å². The molecule has 0 fully saturated rings. The van der Waals surface area contributed by atoms with Gasteiger partial charge in [-0.15, -0.1) is 0 Å². The highest BCUT2D eigenvalue weighted by Crippen LogP contribution is 2.42. The van der Waals surface area contributed by atoms with Crippen LogP contribution >= 0.6 is 0 Å². The molecule has 0 heterocycles. The summed E-state index contributed by atoms with van der Waals surface area (Å²) in [5.41, 5.74) is 9.36. The van der Waals surface area contributed by atoms with Gasteiger partial charge >= 0.3 is 0 Å². The Morgan fingerprint density at radius 3 is 1.20 bits per heavy atom. The zero-order valence-electron chi connectivity index (χ0n) is 22.9. The van der Waals surface area contributed by atoms with Crippen LogP contribution in [0.1, 0.15) is 137 Å². The van der Waals surface area contributed by atoms with Crippen molar-refractivity contribution in [1.29, 1.82) is 0 Å². The van der Waals surface area contributed by atoms with Crippen molar-refractivity contribution in [1.82, 2.24) is 0 Å². The first kappa shape index (κ1) is 26.3. The molecule has 2 aliphatic carbocycles. The Morgan fingerprint density at radius 2 is 0.829 bits per heavy atom. The lowest BCUT2D eigenvalue weighted by Gasteiger charge is -2.29. The first-order chi connectivity index (χ1) is 17.3. The maximum Gasteiger partial charge on any atom is 0.130 e. The topological polar surface area (TPSA) is 9.23 Å². The van der Waals surface area contributed by atoms with Crippen LogP contribution in [0.25, 0.3) is 0 Å². The molecule has 0 bridgehead atoms. The highest BCUT2D eigenvalue weighted by molar-refractivity contribution is 5.56. The molecule has 4 rings (SSSR count). The molecular weight excluding hydrogens is 424 g/mol. The molecule has 0 aromatic heterocycles. The number of hydrogen-bond acceptors (Lipinski definition) is 1. The molecule has 0 saturated carbocycles. The van der Waals surface area contributed by atoms with Crippen LogP contribution in [0.2, 0.25) is 0 Å². The average Bonchev–Trinajstić information content (AvgIpc) is 2.81. The summed E-state index contributed by atoms with van der Waals surface area (Å²) in [6.07, 6.45) is 26.8. The first-order valence-corrected chi connectivity index (χ1v) is 15.3. The standard InChI is InChI=1S/C34H50O/c1-3-5-7-9-11-13-15-17-27-19-25-33(31-23-21-29(27)31)35-34-26-20-28(30-22-24-32(30)34)18-16-14-12-10-8-6-4-2/h19-20,25-26H,3-18,21-24H2,1-2H3. The van der Waals surface area contributed by atoms with Crippen molar-refractivity contribution in [3.8, 4) is 11.5 Å². The van der Waals surface area contributed by atoms with E-state index in [1.165, 1.54) is 140 Å². The smallest absolute Gasteiger partial charge is 0.130 e. The van der Waals surface area contributed by atoms with Gasteiger partial charge in [0.1, 0.15) is 11.5 Å². The predicted molar refractivity (Wildman–Crippen MR) is 151 cm³/mol. The van der Waals surface area contributed by atoms with Crippen LogP contribution in [0.15, 0.2) is 24.3 Å². The lowest BCUT2D eigenvalue weighted by atomic mass is 9.81. The van der Waals surface area contributed by atoms with E-state index in [-0.39, 0.29) is 0 Å². The molecule has 0 saturated heterocycles. The van der Waals surface area contributed by atoms with Crippen LogP contribution < -0.4 is 4.74 Å². The van der Waals surface area contributed by atoms with E-state index in [4.69, 9.17) is 4.74 Å². The van der Waals surface area contributed by atoms with Crippen molar-refractivity contribution in [3.05, 3.63) is 57.6 Å². The van der Waals surface area contributed by atoms with E-state index < -0.39 is 0 Å². The van der Waals surface area contributed by atoms with Gasteiger partial charge in [-0.2, -0.15) is 0 Å². The molecular formula is C34H50O. The van der Waals surface area contributed by atoms with Gasteiger partial charge in [0, 0.05) is 0 Å². The SMILES string of the molecule is CCCCCCCCCc1ccc(Oc2ccc(CCCCCCCCC)c3c2CC3)c2c1CC2. The quantitative estimate of drug-likeness (QED) is 0.195. The molecule has 0 amide bonds. The summed E-state index contributed by atoms with van der Waals surface area (Å²) in [5, 5.41) is 0. The second-order valence-electron chi connectivity index (χ2n) is 11.2. The van der Waals surface area contributed by atoms with Gasteiger partial charge < -0.3 is 4.74 Å². The summed E-state index contributed by atoms with van der Waals surface area (Å²) in [6.45, 7) is 4.59. The van der Waals surface area contributed by atoms with E-state index >= 15 is 0 Å². The molecule has 1 nitrogen and oxygen atoms in total. The molecule has 35 heavy (non-hydrogen) atoms.